The van der Waals surface area contributed by atoms with E-state index in [1.165, 1.54) is 30.6 Å². The lowest BCUT2D eigenvalue weighted by Gasteiger charge is -2.58. The molecule has 6 atom stereocenters. The van der Waals surface area contributed by atoms with Crippen LogP contribution < -0.4 is 4.90 Å². The Kier molecular flexibility index (Phi) is 2.27. The summed E-state index contributed by atoms with van der Waals surface area (Å²) in [7, 11) is 0. The largest absolute Gasteiger partial charge is 0.373 e. The molecular formula is C21H22N2O2. The Morgan fingerprint density at radius 2 is 2.16 bits per heavy atom. The number of carbonyl (C=O) groups is 1. The second-order valence-corrected chi connectivity index (χ2v) is 8.78. The van der Waals surface area contributed by atoms with Crippen LogP contribution in [0, 0.1) is 11.8 Å². The highest BCUT2D eigenvalue weighted by molar-refractivity contribution is 5.99. The van der Waals surface area contributed by atoms with Crippen LogP contribution in [0.1, 0.15) is 24.8 Å². The monoisotopic (exact) mass is 334 g/mol. The molecule has 5 heterocycles. The molecule has 1 saturated carbocycles. The normalized spacial score (nSPS) is 45.9. The molecule has 1 aliphatic carbocycles. The predicted octanol–water partition coefficient (Wildman–Crippen LogP) is 2.09. The fourth-order valence-electron chi connectivity index (χ4n) is 7.51. The van der Waals surface area contributed by atoms with E-state index in [1.54, 1.807) is 5.57 Å². The van der Waals surface area contributed by atoms with E-state index in [1.807, 2.05) is 0 Å². The van der Waals surface area contributed by atoms with Crippen molar-refractivity contribution in [1.29, 1.82) is 0 Å². The molecule has 5 aliphatic heterocycles. The first kappa shape index (κ1) is 13.5. The molecule has 6 aliphatic rings. The molecule has 1 aromatic rings. The molecule has 4 fully saturated rings. The molecule has 0 N–H and O–H groups in total. The summed E-state index contributed by atoms with van der Waals surface area (Å²) >= 11 is 0. The van der Waals surface area contributed by atoms with E-state index in [9.17, 15) is 4.79 Å². The van der Waals surface area contributed by atoms with Gasteiger partial charge in [-0.2, -0.15) is 0 Å². The van der Waals surface area contributed by atoms with Gasteiger partial charge in [0.25, 0.3) is 0 Å². The average molecular weight is 334 g/mol. The fraction of sp³-hybridized carbons (Fsp3) is 0.571. The Morgan fingerprint density at radius 1 is 1.24 bits per heavy atom. The first-order valence-corrected chi connectivity index (χ1v) is 9.75. The van der Waals surface area contributed by atoms with Crippen molar-refractivity contribution in [1.82, 2.24) is 4.90 Å². The number of piperidine rings is 2. The van der Waals surface area contributed by atoms with Crippen LogP contribution in [0.2, 0.25) is 0 Å². The van der Waals surface area contributed by atoms with Crippen molar-refractivity contribution in [2.24, 2.45) is 11.8 Å². The summed E-state index contributed by atoms with van der Waals surface area (Å²) in [5.74, 6) is 1.35. The lowest BCUT2D eigenvalue weighted by molar-refractivity contribution is -0.132. The van der Waals surface area contributed by atoms with E-state index in [0.717, 1.165) is 6.54 Å². The highest BCUT2D eigenvalue weighted by atomic mass is 16.5. The molecule has 0 aromatic heterocycles. The van der Waals surface area contributed by atoms with Gasteiger partial charge in [-0.25, -0.2) is 0 Å². The number of fused-ring (bicyclic) bond motifs is 2. The molecule has 1 amide bonds. The Balaban J connectivity index is 1.55. The first-order valence-electron chi connectivity index (χ1n) is 9.75. The van der Waals surface area contributed by atoms with E-state index in [-0.39, 0.29) is 17.4 Å². The maximum absolute atomic E-state index is 13.2. The summed E-state index contributed by atoms with van der Waals surface area (Å²) in [5.41, 5.74) is 4.35. The molecule has 25 heavy (non-hydrogen) atoms. The van der Waals surface area contributed by atoms with E-state index in [2.05, 4.69) is 40.1 Å². The lowest BCUT2D eigenvalue weighted by Crippen LogP contribution is -2.69. The number of hydrogen-bond donors (Lipinski definition) is 0. The zero-order chi connectivity index (χ0) is 16.3. The molecule has 0 radical (unpaired) electrons. The Morgan fingerprint density at radius 3 is 3.12 bits per heavy atom. The van der Waals surface area contributed by atoms with Gasteiger partial charge in [-0.15, -0.1) is 0 Å². The molecule has 1 spiro atoms. The molecule has 128 valence electrons. The second kappa shape index (κ2) is 4.18. The highest BCUT2D eigenvalue weighted by Crippen LogP contribution is 2.65. The van der Waals surface area contributed by atoms with Gasteiger partial charge in [0.15, 0.2) is 0 Å². The smallest absolute Gasteiger partial charge is 0.229 e. The van der Waals surface area contributed by atoms with Gasteiger partial charge in [0, 0.05) is 29.6 Å². The van der Waals surface area contributed by atoms with Crippen LogP contribution in [0.15, 0.2) is 35.9 Å². The van der Waals surface area contributed by atoms with Gasteiger partial charge in [-0.05, 0) is 36.9 Å². The van der Waals surface area contributed by atoms with Crippen LogP contribution in [-0.2, 0) is 14.9 Å². The topological polar surface area (TPSA) is 32.8 Å². The Labute approximate surface area is 147 Å². The van der Waals surface area contributed by atoms with Crippen LogP contribution in [0.5, 0.6) is 0 Å². The van der Waals surface area contributed by atoms with E-state index in [4.69, 9.17) is 4.74 Å². The van der Waals surface area contributed by atoms with Crippen molar-refractivity contribution < 1.29 is 9.53 Å². The van der Waals surface area contributed by atoms with Crippen molar-refractivity contribution in [2.75, 3.05) is 24.6 Å². The number of benzene rings is 1. The van der Waals surface area contributed by atoms with Crippen LogP contribution in [0.4, 0.5) is 5.69 Å². The lowest BCUT2D eigenvalue weighted by atomic mass is 9.53. The van der Waals surface area contributed by atoms with Gasteiger partial charge in [-0.3, -0.25) is 9.69 Å². The summed E-state index contributed by atoms with van der Waals surface area (Å²) in [5, 5.41) is 0. The van der Waals surface area contributed by atoms with Crippen LogP contribution in [0.3, 0.4) is 0 Å². The number of nitrogens with zero attached hydrogens (tertiary/aromatic N) is 2. The minimum Gasteiger partial charge on any atom is -0.373 e. The SMILES string of the molecule is O=C1CC2OCC=C3CN4CC[C@]56c7ccccc7N1C5C2C3CC46. The van der Waals surface area contributed by atoms with Crippen molar-refractivity contribution in [3.05, 3.63) is 41.5 Å². The van der Waals surface area contributed by atoms with Gasteiger partial charge in [-0.1, -0.05) is 29.8 Å². The summed E-state index contributed by atoms with van der Waals surface area (Å²) in [6, 6.07) is 9.64. The zero-order valence-electron chi connectivity index (χ0n) is 14.2. The van der Waals surface area contributed by atoms with Gasteiger partial charge in [0.2, 0.25) is 5.91 Å². The number of anilines is 1. The van der Waals surface area contributed by atoms with E-state index >= 15 is 0 Å². The van der Waals surface area contributed by atoms with Gasteiger partial charge in [0.1, 0.15) is 0 Å². The van der Waals surface area contributed by atoms with Crippen molar-refractivity contribution in [3.8, 4) is 0 Å². The van der Waals surface area contributed by atoms with Crippen LogP contribution in [-0.4, -0.2) is 48.7 Å². The standard InChI is InChI=1S/C21H22N2O2/c24-18-10-16-19-13-9-17-21(6-7-22(17)11-12(13)5-8-25-16)14-3-1-2-4-15(14)23(18)20(19)21/h1-5,13,16-17,19-20H,6-11H2/t13?,16?,17?,19?,20?,21-/m1/s1. The second-order valence-electron chi connectivity index (χ2n) is 8.78. The Bertz CT molecular complexity index is 848. The van der Waals surface area contributed by atoms with Gasteiger partial charge >= 0.3 is 0 Å². The number of hydrogen-bond acceptors (Lipinski definition) is 3. The fourth-order valence-corrected chi connectivity index (χ4v) is 7.51. The number of rotatable bonds is 0. The third-order valence-corrected chi connectivity index (χ3v) is 8.22. The van der Waals surface area contributed by atoms with Crippen molar-refractivity contribution in [3.63, 3.8) is 0 Å². The molecule has 4 heteroatoms. The van der Waals surface area contributed by atoms with Crippen molar-refractivity contribution in [2.45, 2.75) is 42.9 Å². The molecule has 2 bridgehead atoms. The molecule has 1 aromatic carbocycles. The molecule has 4 nitrogen and oxygen atoms in total. The van der Waals surface area contributed by atoms with E-state index in [0.29, 0.717) is 36.9 Å². The Hall–Kier alpha value is -1.65. The zero-order valence-corrected chi connectivity index (χ0v) is 14.2. The molecule has 3 saturated heterocycles. The van der Waals surface area contributed by atoms with E-state index < -0.39 is 0 Å². The summed E-state index contributed by atoms with van der Waals surface area (Å²) in [6.45, 7) is 2.97. The molecule has 7 rings (SSSR count). The number of para-hydroxylation sites is 1. The predicted molar refractivity (Wildman–Crippen MR) is 93.4 cm³/mol. The maximum atomic E-state index is 13.2. The summed E-state index contributed by atoms with van der Waals surface area (Å²) in [4.78, 5) is 18.1. The minimum absolute atomic E-state index is 0.104. The molecular weight excluding hydrogens is 312 g/mol. The highest BCUT2D eigenvalue weighted by Gasteiger charge is 2.70. The van der Waals surface area contributed by atoms with Gasteiger partial charge < -0.3 is 9.64 Å². The minimum atomic E-state index is 0.104. The quantitative estimate of drug-likeness (QED) is 0.681. The van der Waals surface area contributed by atoms with Crippen molar-refractivity contribution >= 4 is 11.6 Å². The first-order chi connectivity index (χ1) is 12.3. The third kappa shape index (κ3) is 1.33. The molecule has 5 unspecified atom stereocenters. The maximum Gasteiger partial charge on any atom is 0.229 e. The average Bonchev–Trinajstić information content (AvgIpc) is 3.10. The number of carbonyl (C=O) groups excluding carboxylic acids is 1. The van der Waals surface area contributed by atoms with Crippen LogP contribution in [0.25, 0.3) is 0 Å². The van der Waals surface area contributed by atoms with Gasteiger partial charge in [0.05, 0.1) is 25.2 Å². The third-order valence-electron chi connectivity index (χ3n) is 8.22. The summed E-state index contributed by atoms with van der Waals surface area (Å²) in [6.07, 6.45) is 5.43. The number of amides is 1. The van der Waals surface area contributed by atoms with Crippen LogP contribution >= 0.6 is 0 Å². The summed E-state index contributed by atoms with van der Waals surface area (Å²) < 4.78 is 6.25. The number of ether oxygens (including phenoxy) is 1.